The molecule has 1 fully saturated rings. The SMILES string of the molecule is COc1ccc(-c2ccc(C(=O)NC(C(=O)O)C3CCCOC3)c(F)c2)cc1. The molecule has 2 unspecified atom stereocenters. The van der Waals surface area contributed by atoms with Gasteiger partial charge in [0.25, 0.3) is 5.91 Å². The summed E-state index contributed by atoms with van der Waals surface area (Å²) in [5.74, 6) is -2.27. The lowest BCUT2D eigenvalue weighted by atomic mass is 9.93. The molecule has 2 aromatic rings. The fraction of sp³-hybridized carbons (Fsp3) is 0.333. The Bertz CT molecular complexity index is 846. The van der Waals surface area contributed by atoms with Gasteiger partial charge in [0, 0.05) is 12.5 Å². The molecule has 0 spiro atoms. The summed E-state index contributed by atoms with van der Waals surface area (Å²) in [7, 11) is 1.56. The van der Waals surface area contributed by atoms with Crippen molar-refractivity contribution in [2.75, 3.05) is 20.3 Å². The predicted molar refractivity (Wildman–Crippen MR) is 101 cm³/mol. The maximum Gasteiger partial charge on any atom is 0.326 e. The Morgan fingerprint density at radius 3 is 2.50 bits per heavy atom. The third kappa shape index (κ3) is 4.48. The number of carbonyl (C=O) groups is 2. The van der Waals surface area contributed by atoms with E-state index < -0.39 is 23.7 Å². The van der Waals surface area contributed by atoms with Gasteiger partial charge in [-0.15, -0.1) is 0 Å². The van der Waals surface area contributed by atoms with Crippen molar-refractivity contribution in [3.8, 4) is 16.9 Å². The summed E-state index contributed by atoms with van der Waals surface area (Å²) in [6, 6.07) is 10.2. The van der Waals surface area contributed by atoms with Gasteiger partial charge in [-0.05, 0) is 48.2 Å². The van der Waals surface area contributed by atoms with E-state index in [1.54, 1.807) is 37.4 Å². The third-order valence-electron chi connectivity index (χ3n) is 4.86. The number of benzene rings is 2. The predicted octanol–water partition coefficient (Wildman–Crippen LogP) is 3.11. The lowest BCUT2D eigenvalue weighted by molar-refractivity contribution is -0.142. The van der Waals surface area contributed by atoms with Crippen molar-refractivity contribution in [3.05, 3.63) is 53.8 Å². The number of carbonyl (C=O) groups excluding carboxylic acids is 1. The van der Waals surface area contributed by atoms with Gasteiger partial charge in [0.1, 0.15) is 17.6 Å². The van der Waals surface area contributed by atoms with E-state index in [4.69, 9.17) is 9.47 Å². The van der Waals surface area contributed by atoms with E-state index in [2.05, 4.69) is 5.32 Å². The smallest absolute Gasteiger partial charge is 0.326 e. The van der Waals surface area contributed by atoms with Crippen LogP contribution in [0.15, 0.2) is 42.5 Å². The van der Waals surface area contributed by atoms with Crippen molar-refractivity contribution in [1.82, 2.24) is 5.32 Å². The molecule has 2 aromatic carbocycles. The summed E-state index contributed by atoms with van der Waals surface area (Å²) in [6.45, 7) is 0.842. The number of hydrogen-bond donors (Lipinski definition) is 2. The molecule has 0 radical (unpaired) electrons. The zero-order chi connectivity index (χ0) is 20.1. The zero-order valence-corrected chi connectivity index (χ0v) is 15.5. The molecule has 1 aliphatic heterocycles. The van der Waals surface area contributed by atoms with E-state index in [1.807, 2.05) is 0 Å². The minimum atomic E-state index is -1.15. The Labute approximate surface area is 162 Å². The van der Waals surface area contributed by atoms with E-state index in [-0.39, 0.29) is 18.1 Å². The van der Waals surface area contributed by atoms with Crippen LogP contribution in [0, 0.1) is 11.7 Å². The van der Waals surface area contributed by atoms with Gasteiger partial charge in [-0.3, -0.25) is 4.79 Å². The van der Waals surface area contributed by atoms with Gasteiger partial charge in [-0.25, -0.2) is 9.18 Å². The summed E-state index contributed by atoms with van der Waals surface area (Å²) in [5.41, 5.74) is 1.18. The second-order valence-corrected chi connectivity index (χ2v) is 6.69. The summed E-state index contributed by atoms with van der Waals surface area (Å²) in [6.07, 6.45) is 1.37. The highest BCUT2D eigenvalue weighted by Gasteiger charge is 2.32. The van der Waals surface area contributed by atoms with Gasteiger partial charge in [0.15, 0.2) is 0 Å². The first-order chi connectivity index (χ1) is 13.5. The van der Waals surface area contributed by atoms with Crippen LogP contribution in [-0.2, 0) is 9.53 Å². The van der Waals surface area contributed by atoms with Crippen LogP contribution in [0.4, 0.5) is 4.39 Å². The molecule has 0 saturated carbocycles. The van der Waals surface area contributed by atoms with Gasteiger partial charge >= 0.3 is 5.97 Å². The molecule has 148 valence electrons. The second-order valence-electron chi connectivity index (χ2n) is 6.69. The van der Waals surface area contributed by atoms with Crippen LogP contribution in [0.25, 0.3) is 11.1 Å². The Hall–Kier alpha value is -2.93. The molecule has 1 amide bonds. The molecule has 3 rings (SSSR count). The lowest BCUT2D eigenvalue weighted by Gasteiger charge is -2.28. The Morgan fingerprint density at radius 1 is 1.21 bits per heavy atom. The topological polar surface area (TPSA) is 84.9 Å². The van der Waals surface area contributed by atoms with Crippen LogP contribution >= 0.6 is 0 Å². The van der Waals surface area contributed by atoms with Gasteiger partial charge in [0.2, 0.25) is 0 Å². The fourth-order valence-electron chi connectivity index (χ4n) is 3.29. The highest BCUT2D eigenvalue weighted by atomic mass is 19.1. The maximum atomic E-state index is 14.6. The normalized spacial score (nSPS) is 17.6. The highest BCUT2D eigenvalue weighted by molar-refractivity contribution is 5.97. The largest absolute Gasteiger partial charge is 0.497 e. The van der Waals surface area contributed by atoms with Crippen LogP contribution in [-0.4, -0.2) is 43.3 Å². The molecule has 6 nitrogen and oxygen atoms in total. The standard InChI is InChI=1S/C21H22FNO5/c1-27-16-7-4-13(5-8-16)14-6-9-17(18(22)11-14)20(24)23-19(21(25)26)15-3-2-10-28-12-15/h4-9,11,15,19H,2-3,10,12H2,1H3,(H,23,24)(H,25,26). The number of aliphatic carboxylic acids is 1. The van der Waals surface area contributed by atoms with Crippen molar-refractivity contribution in [2.45, 2.75) is 18.9 Å². The number of rotatable bonds is 6. The molecule has 0 aliphatic carbocycles. The summed E-state index contributed by atoms with van der Waals surface area (Å²) in [4.78, 5) is 24.1. The number of ether oxygens (including phenoxy) is 2. The van der Waals surface area contributed by atoms with Crippen molar-refractivity contribution >= 4 is 11.9 Å². The maximum absolute atomic E-state index is 14.6. The summed E-state index contributed by atoms with van der Waals surface area (Å²) in [5, 5.41) is 11.9. The van der Waals surface area contributed by atoms with E-state index in [9.17, 15) is 19.1 Å². The van der Waals surface area contributed by atoms with Crippen molar-refractivity contribution in [2.24, 2.45) is 5.92 Å². The van der Waals surface area contributed by atoms with Gasteiger partial charge in [-0.1, -0.05) is 18.2 Å². The van der Waals surface area contributed by atoms with Crippen molar-refractivity contribution in [1.29, 1.82) is 0 Å². The number of methoxy groups -OCH3 is 1. The first-order valence-electron chi connectivity index (χ1n) is 9.05. The number of carboxylic acids is 1. The lowest BCUT2D eigenvalue weighted by Crippen LogP contribution is -2.48. The first-order valence-corrected chi connectivity index (χ1v) is 9.05. The van der Waals surface area contributed by atoms with Crippen molar-refractivity contribution in [3.63, 3.8) is 0 Å². The average Bonchev–Trinajstić information content (AvgIpc) is 2.72. The molecular weight excluding hydrogens is 365 g/mol. The molecule has 2 N–H and O–H groups in total. The quantitative estimate of drug-likeness (QED) is 0.796. The minimum Gasteiger partial charge on any atom is -0.497 e. The third-order valence-corrected chi connectivity index (χ3v) is 4.86. The van der Waals surface area contributed by atoms with Crippen molar-refractivity contribution < 1.29 is 28.6 Å². The van der Waals surface area contributed by atoms with E-state index in [0.29, 0.717) is 24.3 Å². The molecule has 1 saturated heterocycles. The van der Waals surface area contributed by atoms with Crippen LogP contribution in [0.5, 0.6) is 5.75 Å². The molecule has 1 aliphatic rings. The van der Waals surface area contributed by atoms with Crippen LogP contribution in [0.2, 0.25) is 0 Å². The molecule has 0 bridgehead atoms. The summed E-state index contributed by atoms with van der Waals surface area (Å²) < 4.78 is 25.0. The minimum absolute atomic E-state index is 0.194. The Kier molecular flexibility index (Phi) is 6.26. The number of carboxylic acid groups (broad SMARTS) is 1. The highest BCUT2D eigenvalue weighted by Crippen LogP contribution is 2.25. The van der Waals surface area contributed by atoms with Gasteiger partial charge < -0.3 is 19.9 Å². The molecule has 0 aromatic heterocycles. The van der Waals surface area contributed by atoms with Gasteiger partial charge in [-0.2, -0.15) is 0 Å². The zero-order valence-electron chi connectivity index (χ0n) is 15.5. The second kappa shape index (κ2) is 8.84. The Morgan fingerprint density at radius 2 is 1.93 bits per heavy atom. The van der Waals surface area contributed by atoms with E-state index in [0.717, 1.165) is 12.0 Å². The van der Waals surface area contributed by atoms with Gasteiger partial charge in [0.05, 0.1) is 19.3 Å². The molecule has 28 heavy (non-hydrogen) atoms. The molecule has 2 atom stereocenters. The molecule has 7 heteroatoms. The number of amides is 1. The van der Waals surface area contributed by atoms with Crippen LogP contribution in [0.1, 0.15) is 23.2 Å². The number of halogens is 1. The van der Waals surface area contributed by atoms with E-state index >= 15 is 0 Å². The first kappa shape index (κ1) is 19.8. The Balaban J connectivity index is 1.76. The van der Waals surface area contributed by atoms with E-state index in [1.165, 1.54) is 12.1 Å². The fourth-order valence-corrected chi connectivity index (χ4v) is 3.29. The molecular formula is C21H22FNO5. The summed E-state index contributed by atoms with van der Waals surface area (Å²) >= 11 is 0. The van der Waals surface area contributed by atoms with Crippen LogP contribution in [0.3, 0.4) is 0 Å². The number of hydrogen-bond acceptors (Lipinski definition) is 4. The van der Waals surface area contributed by atoms with Crippen LogP contribution < -0.4 is 10.1 Å². The average molecular weight is 387 g/mol. The number of nitrogens with one attached hydrogen (secondary N) is 1. The molecule has 1 heterocycles. The monoisotopic (exact) mass is 387 g/mol.